The minimum atomic E-state index is -0.999. The monoisotopic (exact) mass is 361 g/mol. The lowest BCUT2D eigenvalue weighted by atomic mass is 9.95. The molecule has 0 unspecified atom stereocenters. The summed E-state index contributed by atoms with van der Waals surface area (Å²) in [7, 11) is 1.11. The van der Waals surface area contributed by atoms with Gasteiger partial charge in [0.1, 0.15) is 0 Å². The van der Waals surface area contributed by atoms with Crippen LogP contribution in [-0.2, 0) is 25.0 Å². The summed E-state index contributed by atoms with van der Waals surface area (Å²) in [6.07, 6.45) is 4.74. The van der Waals surface area contributed by atoms with Crippen LogP contribution in [0.25, 0.3) is 0 Å². The quantitative estimate of drug-likeness (QED) is 0.743. The third kappa shape index (κ3) is 5.19. The number of likely N-dealkylation sites (N-methyl/N-ethyl adjacent to an activating group) is 1. The Kier molecular flexibility index (Phi) is 7.36. The molecule has 6 nitrogen and oxygen atoms in total. The maximum atomic E-state index is 12.0. The molecule has 2 aliphatic heterocycles. The molecule has 1 atom stereocenters. The van der Waals surface area contributed by atoms with Gasteiger partial charge in [0, 0.05) is 49.6 Å². The largest absolute Gasteiger partial charge is 0.381 e. The van der Waals surface area contributed by atoms with Crippen LogP contribution >= 0.6 is 11.6 Å². The van der Waals surface area contributed by atoms with Gasteiger partial charge in [0.25, 0.3) is 0 Å². The van der Waals surface area contributed by atoms with E-state index in [1.54, 1.807) is 18.5 Å². The molecule has 8 heteroatoms. The van der Waals surface area contributed by atoms with Crippen molar-refractivity contribution < 1.29 is 13.7 Å². The van der Waals surface area contributed by atoms with Gasteiger partial charge in [-0.3, -0.25) is 4.21 Å². The molecule has 2 aliphatic rings. The maximum absolute atomic E-state index is 12.0. The molecule has 23 heavy (non-hydrogen) atoms. The molecule has 0 saturated carbocycles. The minimum Gasteiger partial charge on any atom is -0.381 e. The predicted octanol–water partition coefficient (Wildman–Crippen LogP) is 1.46. The average molecular weight is 362 g/mol. The van der Waals surface area contributed by atoms with Crippen molar-refractivity contribution in [3.05, 3.63) is 23.2 Å². The van der Waals surface area contributed by atoms with Crippen molar-refractivity contribution in [1.29, 1.82) is 0 Å². The number of nitrogens with zero attached hydrogens (tertiary/aromatic N) is 3. The van der Waals surface area contributed by atoms with Crippen LogP contribution in [-0.4, -0.2) is 71.9 Å². The van der Waals surface area contributed by atoms with E-state index in [0.29, 0.717) is 26.1 Å². The molecular weight excluding hydrogens is 338 g/mol. The average Bonchev–Trinajstić information content (AvgIpc) is 2.56. The lowest BCUT2D eigenvalue weighted by molar-refractivity contribution is 0.0503. The van der Waals surface area contributed by atoms with E-state index >= 15 is 0 Å². The fourth-order valence-electron chi connectivity index (χ4n) is 2.64. The molecular formula is C15H24ClN3O3S. The summed E-state index contributed by atoms with van der Waals surface area (Å²) in [6.45, 7) is 5.25. The van der Waals surface area contributed by atoms with E-state index < -0.39 is 15.5 Å². The first-order valence-corrected chi connectivity index (χ1v) is 9.65. The second-order valence-electron chi connectivity index (χ2n) is 5.69. The number of aromatic nitrogens is 2. The van der Waals surface area contributed by atoms with Crippen LogP contribution in [0.4, 0.5) is 0 Å². The second-order valence-corrected chi connectivity index (χ2v) is 7.72. The summed E-state index contributed by atoms with van der Waals surface area (Å²) in [6, 6.07) is 1.79. The highest BCUT2D eigenvalue weighted by Gasteiger charge is 2.39. The third-order valence-electron chi connectivity index (χ3n) is 4.18. The molecule has 0 spiro atoms. The zero-order chi connectivity index (χ0) is 16.7. The van der Waals surface area contributed by atoms with E-state index in [9.17, 15) is 4.21 Å². The van der Waals surface area contributed by atoms with E-state index in [1.807, 2.05) is 0 Å². The van der Waals surface area contributed by atoms with E-state index in [0.717, 1.165) is 32.0 Å². The summed E-state index contributed by atoms with van der Waals surface area (Å²) in [5.41, 5.74) is 0.761. The van der Waals surface area contributed by atoms with Crippen LogP contribution in [0.1, 0.15) is 18.5 Å². The first kappa shape index (κ1) is 18.7. The fraction of sp³-hybridized carbons (Fsp3) is 0.733. The van der Waals surface area contributed by atoms with Crippen molar-refractivity contribution in [3.8, 4) is 0 Å². The van der Waals surface area contributed by atoms with Gasteiger partial charge < -0.3 is 14.4 Å². The molecule has 2 saturated heterocycles. The molecule has 3 rings (SSSR count). The second kappa shape index (κ2) is 9.03. The van der Waals surface area contributed by atoms with Crippen LogP contribution in [0.2, 0.25) is 5.28 Å². The maximum Gasteiger partial charge on any atom is 0.222 e. The molecule has 0 N–H and O–H groups in total. The Morgan fingerprint density at radius 2 is 1.83 bits per heavy atom. The number of morpholine rings is 1. The van der Waals surface area contributed by atoms with Gasteiger partial charge in [0.05, 0.1) is 23.7 Å². The van der Waals surface area contributed by atoms with Crippen molar-refractivity contribution in [2.45, 2.75) is 17.6 Å². The Bertz CT molecular complexity index is 520. The molecule has 0 aliphatic carbocycles. The summed E-state index contributed by atoms with van der Waals surface area (Å²) < 4.78 is 22.0. The Morgan fingerprint density at radius 3 is 2.30 bits per heavy atom. The zero-order valence-electron chi connectivity index (χ0n) is 13.7. The third-order valence-corrected chi connectivity index (χ3v) is 6.08. The van der Waals surface area contributed by atoms with E-state index in [-0.39, 0.29) is 5.28 Å². The van der Waals surface area contributed by atoms with Gasteiger partial charge in [-0.2, -0.15) is 0 Å². The number of rotatable bonds is 2. The van der Waals surface area contributed by atoms with E-state index in [1.165, 1.54) is 0 Å². The van der Waals surface area contributed by atoms with Crippen LogP contribution in [0.5, 0.6) is 0 Å². The van der Waals surface area contributed by atoms with Gasteiger partial charge in [-0.05, 0) is 37.6 Å². The Labute approximate surface area is 145 Å². The van der Waals surface area contributed by atoms with Gasteiger partial charge in [-0.1, -0.05) is 0 Å². The Morgan fingerprint density at radius 1 is 1.22 bits per heavy atom. The normalized spacial score (nSPS) is 22.7. The Hall–Kier alpha value is -0.600. The predicted molar refractivity (Wildman–Crippen MR) is 91.2 cm³/mol. The smallest absolute Gasteiger partial charge is 0.222 e. The van der Waals surface area contributed by atoms with Gasteiger partial charge >= 0.3 is 0 Å². The first-order chi connectivity index (χ1) is 11.0. The standard InChI is InChI=1S/C10H13ClN2O2S.C5H11NO/c1-16(14)10(3-6-15-7-4-10)8-2-5-12-9(11)13-8;1-6-2-4-7-5-3-6/h2,5H,3-4,6-7H2,1H3;2-5H2,1H3/t16-;/m0./s1. The van der Waals surface area contributed by atoms with E-state index in [2.05, 4.69) is 21.9 Å². The van der Waals surface area contributed by atoms with Crippen molar-refractivity contribution in [2.24, 2.45) is 0 Å². The highest BCUT2D eigenvalue weighted by molar-refractivity contribution is 7.85. The van der Waals surface area contributed by atoms with Gasteiger partial charge in [0.15, 0.2) is 0 Å². The number of halogens is 1. The molecule has 0 aromatic carbocycles. The molecule has 130 valence electrons. The molecule has 0 amide bonds. The highest BCUT2D eigenvalue weighted by atomic mass is 35.5. The number of ether oxygens (including phenoxy) is 2. The molecule has 1 aromatic rings. The first-order valence-electron chi connectivity index (χ1n) is 7.71. The van der Waals surface area contributed by atoms with Crippen molar-refractivity contribution >= 4 is 22.4 Å². The summed E-state index contributed by atoms with van der Waals surface area (Å²) in [5, 5.41) is 0.203. The van der Waals surface area contributed by atoms with Crippen LogP contribution in [0, 0.1) is 0 Å². The highest BCUT2D eigenvalue weighted by Crippen LogP contribution is 2.36. The van der Waals surface area contributed by atoms with Crippen molar-refractivity contribution in [1.82, 2.24) is 14.9 Å². The lowest BCUT2D eigenvalue weighted by Crippen LogP contribution is -2.38. The lowest BCUT2D eigenvalue weighted by Gasteiger charge is -2.34. The summed E-state index contributed by atoms with van der Waals surface area (Å²) >= 11 is 5.78. The topological polar surface area (TPSA) is 64.5 Å². The number of hydrogen-bond acceptors (Lipinski definition) is 6. The molecule has 0 bridgehead atoms. The van der Waals surface area contributed by atoms with Gasteiger partial charge in [-0.15, -0.1) is 0 Å². The van der Waals surface area contributed by atoms with Crippen LogP contribution < -0.4 is 0 Å². The van der Waals surface area contributed by atoms with E-state index in [4.69, 9.17) is 21.1 Å². The zero-order valence-corrected chi connectivity index (χ0v) is 15.2. The van der Waals surface area contributed by atoms with Crippen LogP contribution in [0.15, 0.2) is 12.3 Å². The Balaban J connectivity index is 0.000000229. The number of hydrogen-bond donors (Lipinski definition) is 0. The fourth-order valence-corrected chi connectivity index (χ4v) is 3.93. The van der Waals surface area contributed by atoms with Crippen molar-refractivity contribution in [2.75, 3.05) is 52.8 Å². The SMILES string of the molecule is CN1CCOCC1.C[S@](=O)C1(c2ccnc(Cl)n2)CCOCC1. The van der Waals surface area contributed by atoms with Gasteiger partial charge in [0.2, 0.25) is 5.28 Å². The molecule has 0 radical (unpaired) electrons. The minimum absolute atomic E-state index is 0.203. The molecule has 2 fully saturated rings. The summed E-state index contributed by atoms with van der Waals surface area (Å²) in [5.74, 6) is 0. The molecule has 1 aromatic heterocycles. The summed E-state index contributed by atoms with van der Waals surface area (Å²) in [4.78, 5) is 10.3. The van der Waals surface area contributed by atoms with Crippen LogP contribution in [0.3, 0.4) is 0 Å². The molecule has 3 heterocycles. The van der Waals surface area contributed by atoms with Crippen molar-refractivity contribution in [3.63, 3.8) is 0 Å². The van der Waals surface area contributed by atoms with Gasteiger partial charge in [-0.25, -0.2) is 9.97 Å².